The lowest BCUT2D eigenvalue weighted by Crippen LogP contribution is -2.31. The molecule has 0 heterocycles. The molecule has 2 amide bonds. The topological polar surface area (TPSA) is 148 Å². The Balaban J connectivity index is 1.74. The largest absolute Gasteiger partial charge is 0.495 e. The molecule has 0 aromatic heterocycles. The number of carboxylic acids is 1. The molecule has 0 saturated heterocycles. The van der Waals surface area contributed by atoms with Crippen LogP contribution in [0.4, 0.5) is 11.4 Å². The van der Waals surface area contributed by atoms with E-state index in [4.69, 9.17) is 21.4 Å². The molecule has 2 aromatic rings. The highest BCUT2D eigenvalue weighted by molar-refractivity contribution is 6.32. The van der Waals surface area contributed by atoms with Crippen LogP contribution in [0, 0.1) is 22.0 Å². The standard InChI is InChI=1S/C23H24ClN3O7/c1-34-20-9-2-13(10-18(20)24)12-25-22(29)17-11-16(27(32)33)7-8-19(17)26-21(28)14-3-5-15(6-4-14)23(30)31/h2,7-11,14-15H,3-6,12H2,1H3,(H,25,29)(H,26,28)(H,30,31). The first-order chi connectivity index (χ1) is 16.2. The van der Waals surface area contributed by atoms with Gasteiger partial charge < -0.3 is 20.5 Å². The van der Waals surface area contributed by atoms with E-state index in [1.165, 1.54) is 19.2 Å². The Bertz CT molecular complexity index is 1110. The van der Waals surface area contributed by atoms with Crippen molar-refractivity contribution < 1.29 is 29.2 Å². The summed E-state index contributed by atoms with van der Waals surface area (Å²) in [6.07, 6.45) is 1.61. The van der Waals surface area contributed by atoms with Crippen LogP contribution >= 0.6 is 11.6 Å². The van der Waals surface area contributed by atoms with Crippen LogP contribution in [0.1, 0.15) is 41.6 Å². The Morgan fingerprint density at radius 2 is 1.79 bits per heavy atom. The van der Waals surface area contributed by atoms with Crippen LogP contribution in [-0.4, -0.2) is 34.9 Å². The summed E-state index contributed by atoms with van der Waals surface area (Å²) in [6, 6.07) is 8.63. The zero-order chi connectivity index (χ0) is 24.8. The number of methoxy groups -OCH3 is 1. The number of anilines is 1. The zero-order valence-electron chi connectivity index (χ0n) is 18.4. The van der Waals surface area contributed by atoms with Crippen molar-refractivity contribution in [1.82, 2.24) is 5.32 Å². The van der Waals surface area contributed by atoms with Crippen molar-refractivity contribution in [1.29, 1.82) is 0 Å². The number of amides is 2. The SMILES string of the molecule is COc1ccc(CNC(=O)c2cc([N+](=O)[O-])ccc2NC(=O)C2CCC(C(=O)O)CC2)cc1Cl. The minimum atomic E-state index is -0.869. The molecular formula is C23H24ClN3O7. The molecule has 1 aliphatic carbocycles. The van der Waals surface area contributed by atoms with Gasteiger partial charge in [0.2, 0.25) is 5.91 Å². The number of aliphatic carboxylic acids is 1. The molecule has 3 N–H and O–H groups in total. The van der Waals surface area contributed by atoms with Gasteiger partial charge in [0.15, 0.2) is 0 Å². The Morgan fingerprint density at radius 3 is 2.38 bits per heavy atom. The van der Waals surface area contributed by atoms with Gasteiger partial charge in [0.25, 0.3) is 11.6 Å². The van der Waals surface area contributed by atoms with Crippen LogP contribution in [0.2, 0.25) is 5.02 Å². The molecule has 1 saturated carbocycles. The van der Waals surface area contributed by atoms with E-state index < -0.39 is 28.6 Å². The average molecular weight is 490 g/mol. The van der Waals surface area contributed by atoms with Crippen molar-refractivity contribution in [3.8, 4) is 5.75 Å². The van der Waals surface area contributed by atoms with E-state index in [0.717, 1.165) is 6.07 Å². The number of ether oxygens (including phenoxy) is 1. The summed E-state index contributed by atoms with van der Waals surface area (Å²) < 4.78 is 5.10. The van der Waals surface area contributed by atoms with Crippen LogP contribution in [-0.2, 0) is 16.1 Å². The summed E-state index contributed by atoms with van der Waals surface area (Å²) >= 11 is 6.11. The maximum Gasteiger partial charge on any atom is 0.306 e. The summed E-state index contributed by atoms with van der Waals surface area (Å²) in [6.45, 7) is 0.0951. The van der Waals surface area contributed by atoms with Crippen molar-refractivity contribution in [2.45, 2.75) is 32.2 Å². The zero-order valence-corrected chi connectivity index (χ0v) is 19.1. The number of nitrogens with zero attached hydrogens (tertiary/aromatic N) is 1. The van der Waals surface area contributed by atoms with Gasteiger partial charge in [-0.05, 0) is 49.4 Å². The molecule has 0 bridgehead atoms. The molecule has 1 aliphatic rings. The van der Waals surface area contributed by atoms with E-state index in [-0.39, 0.29) is 29.4 Å². The smallest absolute Gasteiger partial charge is 0.306 e. The van der Waals surface area contributed by atoms with Crippen LogP contribution < -0.4 is 15.4 Å². The number of nitro benzene ring substituents is 1. The van der Waals surface area contributed by atoms with Crippen LogP contribution in [0.15, 0.2) is 36.4 Å². The van der Waals surface area contributed by atoms with E-state index in [2.05, 4.69) is 10.6 Å². The van der Waals surface area contributed by atoms with Crippen LogP contribution in [0.25, 0.3) is 0 Å². The minimum absolute atomic E-state index is 0.0543. The van der Waals surface area contributed by atoms with Crippen LogP contribution in [0.5, 0.6) is 5.75 Å². The van der Waals surface area contributed by atoms with Crippen molar-refractivity contribution in [3.63, 3.8) is 0 Å². The average Bonchev–Trinajstić information content (AvgIpc) is 2.82. The third kappa shape index (κ3) is 6.02. The Hall–Kier alpha value is -3.66. The molecule has 0 unspecified atom stereocenters. The van der Waals surface area contributed by atoms with Gasteiger partial charge in [-0.1, -0.05) is 17.7 Å². The quantitative estimate of drug-likeness (QED) is 0.374. The highest BCUT2D eigenvalue weighted by atomic mass is 35.5. The number of halogens is 1. The molecule has 0 spiro atoms. The van der Waals surface area contributed by atoms with E-state index in [9.17, 15) is 24.5 Å². The van der Waals surface area contributed by atoms with E-state index in [1.54, 1.807) is 18.2 Å². The number of hydrogen-bond donors (Lipinski definition) is 3. The first-order valence-corrected chi connectivity index (χ1v) is 11.0. The van der Waals surface area contributed by atoms with E-state index in [0.29, 0.717) is 42.0 Å². The van der Waals surface area contributed by atoms with Gasteiger partial charge in [-0.2, -0.15) is 0 Å². The summed E-state index contributed by atoms with van der Waals surface area (Å²) in [4.78, 5) is 47.4. The predicted octanol–water partition coefficient (Wildman–Crippen LogP) is 4.02. The second kappa shape index (κ2) is 11.0. The van der Waals surface area contributed by atoms with Gasteiger partial charge in [-0.15, -0.1) is 0 Å². The predicted molar refractivity (Wildman–Crippen MR) is 124 cm³/mol. The van der Waals surface area contributed by atoms with Gasteiger partial charge in [0, 0.05) is 24.6 Å². The van der Waals surface area contributed by atoms with E-state index >= 15 is 0 Å². The molecule has 0 atom stereocenters. The second-order valence-corrected chi connectivity index (χ2v) is 8.42. The fourth-order valence-corrected chi connectivity index (χ4v) is 4.16. The normalized spacial score (nSPS) is 17.5. The van der Waals surface area contributed by atoms with Crippen molar-refractivity contribution in [3.05, 3.63) is 62.7 Å². The highest BCUT2D eigenvalue weighted by Crippen LogP contribution is 2.31. The molecule has 3 rings (SSSR count). The highest BCUT2D eigenvalue weighted by Gasteiger charge is 2.30. The van der Waals surface area contributed by atoms with Crippen LogP contribution in [0.3, 0.4) is 0 Å². The fourth-order valence-electron chi connectivity index (χ4n) is 3.88. The monoisotopic (exact) mass is 489 g/mol. The van der Waals surface area contributed by atoms with Gasteiger partial charge in [-0.3, -0.25) is 24.5 Å². The van der Waals surface area contributed by atoms with Crippen molar-refractivity contribution in [2.75, 3.05) is 12.4 Å². The lowest BCUT2D eigenvalue weighted by molar-refractivity contribution is -0.384. The van der Waals surface area contributed by atoms with Gasteiger partial charge in [-0.25, -0.2) is 0 Å². The number of nitrogens with one attached hydrogen (secondary N) is 2. The van der Waals surface area contributed by atoms with Gasteiger partial charge >= 0.3 is 5.97 Å². The maximum atomic E-state index is 12.9. The number of rotatable bonds is 8. The molecule has 1 fully saturated rings. The summed E-state index contributed by atoms with van der Waals surface area (Å²) in [5.74, 6) is -2.21. The number of carbonyl (C=O) groups excluding carboxylic acids is 2. The maximum absolute atomic E-state index is 12.9. The summed E-state index contributed by atoms with van der Waals surface area (Å²) in [5.41, 5.74) is 0.477. The number of carbonyl (C=O) groups is 3. The Kier molecular flexibility index (Phi) is 8.06. The van der Waals surface area contributed by atoms with Crippen molar-refractivity contribution >= 4 is 40.8 Å². The molecule has 0 radical (unpaired) electrons. The molecule has 34 heavy (non-hydrogen) atoms. The number of nitro groups is 1. The molecule has 11 heteroatoms. The minimum Gasteiger partial charge on any atom is -0.495 e. The molecule has 0 aliphatic heterocycles. The second-order valence-electron chi connectivity index (χ2n) is 8.01. The first kappa shape index (κ1) is 25.0. The molecular weight excluding hydrogens is 466 g/mol. The Labute approximate surface area is 200 Å². The lowest BCUT2D eigenvalue weighted by Gasteiger charge is -2.25. The summed E-state index contributed by atoms with van der Waals surface area (Å²) in [5, 5.41) is 26.1. The number of hydrogen-bond acceptors (Lipinski definition) is 6. The Morgan fingerprint density at radius 1 is 1.12 bits per heavy atom. The van der Waals surface area contributed by atoms with E-state index in [1.807, 2.05) is 0 Å². The number of benzene rings is 2. The fraction of sp³-hybridized carbons (Fsp3) is 0.348. The molecule has 180 valence electrons. The van der Waals surface area contributed by atoms with Gasteiger partial charge in [0.1, 0.15) is 5.75 Å². The lowest BCUT2D eigenvalue weighted by atomic mass is 9.81. The first-order valence-electron chi connectivity index (χ1n) is 10.6. The van der Waals surface area contributed by atoms with Gasteiger partial charge in [0.05, 0.1) is 34.2 Å². The summed E-state index contributed by atoms with van der Waals surface area (Å²) in [7, 11) is 1.48. The van der Waals surface area contributed by atoms with Crippen molar-refractivity contribution in [2.24, 2.45) is 11.8 Å². The number of carboxylic acid groups (broad SMARTS) is 1. The number of non-ortho nitro benzene ring substituents is 1. The third-order valence-corrected chi connectivity index (χ3v) is 6.13. The third-order valence-electron chi connectivity index (χ3n) is 5.83. The molecule has 10 nitrogen and oxygen atoms in total. The molecule has 2 aromatic carbocycles.